The third kappa shape index (κ3) is 2.99. The first-order valence-corrected chi connectivity index (χ1v) is 8.57. The summed E-state index contributed by atoms with van der Waals surface area (Å²) in [6.07, 6.45) is 5.88. The van der Waals surface area contributed by atoms with Gasteiger partial charge in [-0.25, -0.2) is 4.98 Å². The zero-order valence-corrected chi connectivity index (χ0v) is 13.6. The first kappa shape index (κ1) is 15.0. The van der Waals surface area contributed by atoms with Gasteiger partial charge in [0.1, 0.15) is 4.88 Å². The maximum absolute atomic E-state index is 12.9. The third-order valence-electron chi connectivity index (χ3n) is 4.33. The highest BCUT2D eigenvalue weighted by atomic mass is 32.1. The van der Waals surface area contributed by atoms with E-state index in [9.17, 15) is 4.79 Å². The van der Waals surface area contributed by atoms with Crippen LogP contribution in [0, 0.1) is 0 Å². The topological polar surface area (TPSA) is 59.2 Å². The molecule has 22 heavy (non-hydrogen) atoms. The molecule has 0 aliphatic heterocycles. The first-order valence-electron chi connectivity index (χ1n) is 7.75. The minimum Gasteiger partial charge on any atom is -0.375 e. The predicted octanol–water partition coefficient (Wildman–Crippen LogP) is 3.80. The van der Waals surface area contributed by atoms with Crippen LogP contribution < -0.4 is 5.73 Å². The number of rotatable bonds is 3. The van der Waals surface area contributed by atoms with E-state index in [2.05, 4.69) is 4.98 Å². The summed E-state index contributed by atoms with van der Waals surface area (Å²) in [5, 5.41) is 0.444. The summed E-state index contributed by atoms with van der Waals surface area (Å²) in [7, 11) is 1.91. The summed E-state index contributed by atoms with van der Waals surface area (Å²) in [4.78, 5) is 19.8. The lowest BCUT2D eigenvalue weighted by molar-refractivity contribution is 0.0701. The van der Waals surface area contributed by atoms with Gasteiger partial charge in [0.25, 0.3) is 5.91 Å². The number of hydrogen-bond donors (Lipinski definition) is 1. The number of carbonyl (C=O) groups is 1. The highest BCUT2D eigenvalue weighted by Crippen LogP contribution is 2.32. The van der Waals surface area contributed by atoms with Crippen molar-refractivity contribution >= 4 is 22.4 Å². The van der Waals surface area contributed by atoms with Crippen molar-refractivity contribution in [3.05, 3.63) is 35.2 Å². The predicted molar refractivity (Wildman–Crippen MR) is 90.9 cm³/mol. The van der Waals surface area contributed by atoms with Gasteiger partial charge in [0.05, 0.1) is 5.69 Å². The second-order valence-electron chi connectivity index (χ2n) is 5.80. The molecule has 2 N–H and O–H groups in total. The Morgan fingerprint density at radius 3 is 2.59 bits per heavy atom. The van der Waals surface area contributed by atoms with Gasteiger partial charge < -0.3 is 10.6 Å². The average molecular weight is 315 g/mol. The first-order chi connectivity index (χ1) is 10.7. The largest absolute Gasteiger partial charge is 0.375 e. The monoisotopic (exact) mass is 315 g/mol. The van der Waals surface area contributed by atoms with Gasteiger partial charge in [-0.3, -0.25) is 4.79 Å². The summed E-state index contributed by atoms with van der Waals surface area (Å²) in [6, 6.07) is 10.1. The van der Waals surface area contributed by atoms with Crippen molar-refractivity contribution in [3.8, 4) is 11.3 Å². The van der Waals surface area contributed by atoms with Gasteiger partial charge in [-0.2, -0.15) is 0 Å². The van der Waals surface area contributed by atoms with E-state index >= 15 is 0 Å². The van der Waals surface area contributed by atoms with Crippen LogP contribution in [0.25, 0.3) is 11.3 Å². The minimum atomic E-state index is 0.0416. The Bertz CT molecular complexity index is 647. The molecular weight excluding hydrogens is 294 g/mol. The SMILES string of the molecule is CN(C(=O)c1sc(N)nc1-c1ccccc1)C1CCCCC1. The van der Waals surface area contributed by atoms with Gasteiger partial charge in [0.15, 0.2) is 5.13 Å². The van der Waals surface area contributed by atoms with Crippen LogP contribution in [-0.4, -0.2) is 28.9 Å². The van der Waals surface area contributed by atoms with Gasteiger partial charge in [0.2, 0.25) is 0 Å². The van der Waals surface area contributed by atoms with E-state index in [-0.39, 0.29) is 5.91 Å². The molecule has 1 aromatic heterocycles. The molecule has 0 spiro atoms. The molecule has 0 atom stereocenters. The van der Waals surface area contributed by atoms with E-state index in [1.807, 2.05) is 42.3 Å². The molecule has 0 radical (unpaired) electrons. The van der Waals surface area contributed by atoms with Gasteiger partial charge in [-0.05, 0) is 12.8 Å². The van der Waals surface area contributed by atoms with Gasteiger partial charge >= 0.3 is 0 Å². The van der Waals surface area contributed by atoms with Crippen molar-refractivity contribution in [1.29, 1.82) is 0 Å². The lowest BCUT2D eigenvalue weighted by atomic mass is 9.94. The van der Waals surface area contributed by atoms with E-state index in [0.717, 1.165) is 18.4 Å². The fourth-order valence-corrected chi connectivity index (χ4v) is 3.91. The number of nitrogens with zero attached hydrogens (tertiary/aromatic N) is 2. The Labute approximate surface area is 135 Å². The minimum absolute atomic E-state index is 0.0416. The molecule has 5 heteroatoms. The fourth-order valence-electron chi connectivity index (χ4n) is 3.07. The molecule has 1 aliphatic rings. The molecule has 1 amide bonds. The van der Waals surface area contributed by atoms with E-state index in [4.69, 9.17) is 5.73 Å². The highest BCUT2D eigenvalue weighted by Gasteiger charge is 2.27. The molecule has 0 unspecified atom stereocenters. The van der Waals surface area contributed by atoms with Crippen LogP contribution in [0.5, 0.6) is 0 Å². The molecule has 2 aromatic rings. The number of nitrogen functional groups attached to an aromatic ring is 1. The maximum Gasteiger partial charge on any atom is 0.266 e. The van der Waals surface area contributed by atoms with Crippen molar-refractivity contribution in [2.75, 3.05) is 12.8 Å². The molecule has 4 nitrogen and oxygen atoms in total. The Hall–Kier alpha value is -1.88. The molecule has 3 rings (SSSR count). The Balaban J connectivity index is 1.89. The Morgan fingerprint density at radius 2 is 1.91 bits per heavy atom. The smallest absolute Gasteiger partial charge is 0.266 e. The zero-order chi connectivity index (χ0) is 15.5. The average Bonchev–Trinajstić information content (AvgIpc) is 2.97. The summed E-state index contributed by atoms with van der Waals surface area (Å²) < 4.78 is 0. The number of thiazole rings is 1. The Kier molecular flexibility index (Phi) is 4.43. The lowest BCUT2D eigenvalue weighted by Gasteiger charge is -2.31. The molecule has 1 aromatic carbocycles. The number of anilines is 1. The van der Waals surface area contributed by atoms with Crippen molar-refractivity contribution in [2.24, 2.45) is 0 Å². The normalized spacial score (nSPS) is 15.7. The molecule has 116 valence electrons. The molecule has 1 fully saturated rings. The number of benzene rings is 1. The molecule has 0 bridgehead atoms. The summed E-state index contributed by atoms with van der Waals surface area (Å²) >= 11 is 1.29. The van der Waals surface area contributed by atoms with Crippen LogP contribution in [0.4, 0.5) is 5.13 Å². The summed E-state index contributed by atoms with van der Waals surface area (Å²) in [5.41, 5.74) is 7.51. The number of aromatic nitrogens is 1. The lowest BCUT2D eigenvalue weighted by Crippen LogP contribution is -2.38. The second kappa shape index (κ2) is 6.48. The third-order valence-corrected chi connectivity index (χ3v) is 5.20. The molecule has 0 saturated heterocycles. The molecule has 1 aliphatic carbocycles. The van der Waals surface area contributed by atoms with Crippen LogP contribution in [0.1, 0.15) is 41.8 Å². The van der Waals surface area contributed by atoms with Crippen LogP contribution >= 0.6 is 11.3 Å². The number of nitrogens with two attached hydrogens (primary N) is 1. The van der Waals surface area contributed by atoms with Gasteiger partial charge in [-0.1, -0.05) is 60.9 Å². The van der Waals surface area contributed by atoms with Crippen LogP contribution in [0.15, 0.2) is 30.3 Å². The molecule has 1 saturated carbocycles. The van der Waals surface area contributed by atoms with Crippen molar-refractivity contribution in [1.82, 2.24) is 9.88 Å². The number of carbonyl (C=O) groups excluding carboxylic acids is 1. The standard InChI is InChI=1S/C17H21N3OS/c1-20(13-10-6-3-7-11-13)16(21)15-14(19-17(18)22-15)12-8-4-2-5-9-12/h2,4-5,8-9,13H,3,6-7,10-11H2,1H3,(H2,18,19). The van der Waals surface area contributed by atoms with Gasteiger partial charge in [0, 0.05) is 18.7 Å². The van der Waals surface area contributed by atoms with E-state index < -0.39 is 0 Å². The highest BCUT2D eigenvalue weighted by molar-refractivity contribution is 7.17. The second-order valence-corrected chi connectivity index (χ2v) is 6.83. The maximum atomic E-state index is 12.9. The summed E-state index contributed by atoms with van der Waals surface area (Å²) in [6.45, 7) is 0. The Morgan fingerprint density at radius 1 is 1.23 bits per heavy atom. The zero-order valence-electron chi connectivity index (χ0n) is 12.8. The number of hydrogen-bond acceptors (Lipinski definition) is 4. The van der Waals surface area contributed by atoms with Crippen LogP contribution in [0.2, 0.25) is 0 Å². The van der Waals surface area contributed by atoms with E-state index in [1.54, 1.807) is 0 Å². The van der Waals surface area contributed by atoms with Gasteiger partial charge in [-0.15, -0.1) is 0 Å². The van der Waals surface area contributed by atoms with E-state index in [0.29, 0.717) is 21.7 Å². The van der Waals surface area contributed by atoms with E-state index in [1.165, 1.54) is 30.6 Å². The molecule has 1 heterocycles. The molecular formula is C17H21N3OS. The quantitative estimate of drug-likeness (QED) is 0.937. The van der Waals surface area contributed by atoms with Crippen molar-refractivity contribution < 1.29 is 4.79 Å². The van der Waals surface area contributed by atoms with Crippen LogP contribution in [0.3, 0.4) is 0 Å². The van der Waals surface area contributed by atoms with Crippen molar-refractivity contribution in [3.63, 3.8) is 0 Å². The fraction of sp³-hybridized carbons (Fsp3) is 0.412. The van der Waals surface area contributed by atoms with Crippen LogP contribution in [-0.2, 0) is 0 Å². The van der Waals surface area contributed by atoms with Crippen molar-refractivity contribution in [2.45, 2.75) is 38.1 Å². The summed E-state index contributed by atoms with van der Waals surface area (Å²) in [5.74, 6) is 0.0416. The number of amides is 1.